The van der Waals surface area contributed by atoms with Crippen molar-refractivity contribution in [3.63, 3.8) is 0 Å². The molecule has 3 N–H and O–H groups in total. The predicted molar refractivity (Wildman–Crippen MR) is 105 cm³/mol. The summed E-state index contributed by atoms with van der Waals surface area (Å²) in [4.78, 5) is 20.1. The van der Waals surface area contributed by atoms with Crippen molar-refractivity contribution >= 4 is 16.8 Å². The number of carbonyl (C=O) groups is 1. The Morgan fingerprint density at radius 2 is 1.83 bits per heavy atom. The van der Waals surface area contributed by atoms with Gasteiger partial charge in [-0.1, -0.05) is 6.07 Å². The van der Waals surface area contributed by atoms with E-state index < -0.39 is 23.6 Å². The summed E-state index contributed by atoms with van der Waals surface area (Å²) in [5.74, 6) is -1.64. The maximum Gasteiger partial charge on any atom is 0.270 e. The first-order chi connectivity index (χ1) is 13.9. The van der Waals surface area contributed by atoms with E-state index in [1.54, 1.807) is 37.3 Å². The Bertz CT molecular complexity index is 1220. The van der Waals surface area contributed by atoms with Crippen molar-refractivity contribution in [2.75, 3.05) is 0 Å². The molecule has 0 bridgehead atoms. The molecule has 4 rings (SSSR count). The van der Waals surface area contributed by atoms with Crippen LogP contribution in [0.1, 0.15) is 33.5 Å². The second kappa shape index (κ2) is 7.35. The zero-order valence-corrected chi connectivity index (χ0v) is 15.4. The minimum atomic E-state index is -0.907. The molecule has 1 unspecified atom stereocenters. The highest BCUT2D eigenvalue weighted by molar-refractivity contribution is 5.93. The fourth-order valence-electron chi connectivity index (χ4n) is 3.24. The van der Waals surface area contributed by atoms with Crippen LogP contribution >= 0.6 is 0 Å². The number of aromatic amines is 1. The van der Waals surface area contributed by atoms with Crippen molar-refractivity contribution < 1.29 is 18.7 Å². The Balaban J connectivity index is 1.80. The van der Waals surface area contributed by atoms with Gasteiger partial charge in [-0.2, -0.15) is 0 Å². The molecule has 2 heterocycles. The molecule has 0 saturated heterocycles. The first-order valence-corrected chi connectivity index (χ1v) is 8.92. The summed E-state index contributed by atoms with van der Waals surface area (Å²) in [6.45, 7) is 1.76. The van der Waals surface area contributed by atoms with Gasteiger partial charge < -0.3 is 15.4 Å². The van der Waals surface area contributed by atoms with Gasteiger partial charge in [-0.15, -0.1) is 0 Å². The Morgan fingerprint density at radius 1 is 1.07 bits per heavy atom. The van der Waals surface area contributed by atoms with Crippen molar-refractivity contribution in [1.29, 1.82) is 0 Å². The lowest BCUT2D eigenvalue weighted by atomic mass is 10.0. The van der Waals surface area contributed by atoms with E-state index in [2.05, 4.69) is 15.3 Å². The van der Waals surface area contributed by atoms with E-state index in [0.29, 0.717) is 22.3 Å². The minimum Gasteiger partial charge on any atom is -0.508 e. The van der Waals surface area contributed by atoms with Gasteiger partial charge in [0.2, 0.25) is 0 Å². The monoisotopic (exact) mass is 393 g/mol. The number of amides is 1. The molecule has 0 radical (unpaired) electrons. The SMILES string of the molecule is Cc1cccc(C(=O)NC(c2cc3cc(F)ccc3[nH]2)c2cc(F)ccc2O)n1. The van der Waals surface area contributed by atoms with Gasteiger partial charge in [0.25, 0.3) is 5.91 Å². The van der Waals surface area contributed by atoms with Gasteiger partial charge >= 0.3 is 0 Å². The van der Waals surface area contributed by atoms with Crippen molar-refractivity contribution in [3.8, 4) is 5.75 Å². The highest BCUT2D eigenvalue weighted by Crippen LogP contribution is 2.32. The van der Waals surface area contributed by atoms with E-state index in [4.69, 9.17) is 0 Å². The third-order valence-electron chi connectivity index (χ3n) is 4.61. The van der Waals surface area contributed by atoms with Gasteiger partial charge in [0.05, 0.1) is 6.04 Å². The third kappa shape index (κ3) is 3.80. The maximum atomic E-state index is 13.9. The predicted octanol–water partition coefficient (Wildman–Crippen LogP) is 4.37. The van der Waals surface area contributed by atoms with E-state index >= 15 is 0 Å². The number of pyridine rings is 1. The van der Waals surface area contributed by atoms with Crippen molar-refractivity contribution in [2.45, 2.75) is 13.0 Å². The van der Waals surface area contributed by atoms with Crippen molar-refractivity contribution in [3.05, 3.63) is 94.9 Å². The highest BCUT2D eigenvalue weighted by Gasteiger charge is 2.24. The van der Waals surface area contributed by atoms with E-state index in [1.807, 2.05) is 0 Å². The molecule has 1 amide bonds. The summed E-state index contributed by atoms with van der Waals surface area (Å²) in [6.07, 6.45) is 0. The summed E-state index contributed by atoms with van der Waals surface area (Å²) < 4.78 is 27.5. The zero-order valence-electron chi connectivity index (χ0n) is 15.4. The minimum absolute atomic E-state index is 0.165. The number of rotatable bonds is 4. The molecule has 0 aliphatic carbocycles. The number of aromatic hydroxyl groups is 1. The number of nitrogens with zero attached hydrogens (tertiary/aromatic N) is 1. The van der Waals surface area contributed by atoms with Crippen LogP contribution in [0.4, 0.5) is 8.78 Å². The lowest BCUT2D eigenvalue weighted by molar-refractivity contribution is 0.0937. The molecule has 29 heavy (non-hydrogen) atoms. The van der Waals surface area contributed by atoms with Gasteiger partial charge in [0.15, 0.2) is 0 Å². The number of H-pyrrole nitrogens is 1. The molecule has 146 valence electrons. The average Bonchev–Trinajstić information content (AvgIpc) is 3.10. The van der Waals surface area contributed by atoms with E-state index in [1.165, 1.54) is 18.2 Å². The van der Waals surface area contributed by atoms with Crippen LogP contribution in [0, 0.1) is 18.6 Å². The normalized spacial score (nSPS) is 12.1. The lowest BCUT2D eigenvalue weighted by Gasteiger charge is -2.19. The number of carbonyl (C=O) groups excluding carboxylic acids is 1. The number of aryl methyl sites for hydroxylation is 1. The average molecular weight is 393 g/mol. The number of halogens is 2. The summed E-state index contributed by atoms with van der Waals surface area (Å²) in [5.41, 5.74) is 2.13. The van der Waals surface area contributed by atoms with Gasteiger partial charge in [0.1, 0.15) is 23.1 Å². The van der Waals surface area contributed by atoms with E-state index in [-0.39, 0.29) is 17.0 Å². The summed E-state index contributed by atoms with van der Waals surface area (Å²) in [5, 5.41) is 13.7. The van der Waals surface area contributed by atoms with Crippen LogP contribution in [0.25, 0.3) is 10.9 Å². The largest absolute Gasteiger partial charge is 0.508 e. The molecule has 2 aromatic carbocycles. The van der Waals surface area contributed by atoms with Crippen LogP contribution in [0.15, 0.2) is 60.7 Å². The number of aromatic nitrogens is 2. The molecule has 0 fully saturated rings. The second-order valence-electron chi connectivity index (χ2n) is 6.73. The molecule has 7 heteroatoms. The lowest BCUT2D eigenvalue weighted by Crippen LogP contribution is -2.30. The van der Waals surface area contributed by atoms with Crippen LogP contribution < -0.4 is 5.32 Å². The molecule has 0 spiro atoms. The van der Waals surface area contributed by atoms with Crippen molar-refractivity contribution in [1.82, 2.24) is 15.3 Å². The summed E-state index contributed by atoms with van der Waals surface area (Å²) in [7, 11) is 0. The van der Waals surface area contributed by atoms with Gasteiger partial charge in [-0.05, 0) is 61.5 Å². The maximum absolute atomic E-state index is 13.9. The number of nitrogens with one attached hydrogen (secondary N) is 2. The Kier molecular flexibility index (Phi) is 4.72. The second-order valence-corrected chi connectivity index (χ2v) is 6.73. The van der Waals surface area contributed by atoms with E-state index in [0.717, 1.165) is 12.1 Å². The molecule has 4 aromatic rings. The standard InChI is InChI=1S/C22H17F2N3O2/c1-12-3-2-4-18(25-12)22(29)27-21(16-11-15(24)6-8-20(16)28)19-10-13-9-14(23)5-7-17(13)26-19/h2-11,21,26,28H,1H3,(H,27,29). The van der Waals surface area contributed by atoms with E-state index in [9.17, 15) is 18.7 Å². The smallest absolute Gasteiger partial charge is 0.270 e. The Labute approximate surface area is 165 Å². The molecule has 2 aromatic heterocycles. The number of hydrogen-bond donors (Lipinski definition) is 3. The van der Waals surface area contributed by atoms with Gasteiger partial charge in [-0.3, -0.25) is 4.79 Å². The number of phenolic OH excluding ortho intramolecular Hbond substituents is 1. The van der Waals surface area contributed by atoms with Crippen LogP contribution in [-0.2, 0) is 0 Å². The Morgan fingerprint density at radius 3 is 2.62 bits per heavy atom. The Hall–Kier alpha value is -3.74. The molecule has 1 atom stereocenters. The fraction of sp³-hybridized carbons (Fsp3) is 0.0909. The highest BCUT2D eigenvalue weighted by atomic mass is 19.1. The van der Waals surface area contributed by atoms with Crippen LogP contribution in [0.5, 0.6) is 5.75 Å². The first kappa shape index (κ1) is 18.6. The number of benzene rings is 2. The quantitative estimate of drug-likeness (QED) is 0.482. The molecule has 0 aliphatic heterocycles. The van der Waals surface area contributed by atoms with Crippen LogP contribution in [-0.4, -0.2) is 21.0 Å². The number of hydrogen-bond acceptors (Lipinski definition) is 3. The molecular formula is C22H17F2N3O2. The molecule has 5 nitrogen and oxygen atoms in total. The van der Waals surface area contributed by atoms with Gasteiger partial charge in [0, 0.05) is 27.9 Å². The first-order valence-electron chi connectivity index (χ1n) is 8.92. The number of phenols is 1. The number of fused-ring (bicyclic) bond motifs is 1. The molecular weight excluding hydrogens is 376 g/mol. The third-order valence-corrected chi connectivity index (χ3v) is 4.61. The zero-order chi connectivity index (χ0) is 20.5. The summed E-state index contributed by atoms with van der Waals surface area (Å²) in [6, 6.07) is 13.5. The van der Waals surface area contributed by atoms with Crippen LogP contribution in [0.3, 0.4) is 0 Å². The van der Waals surface area contributed by atoms with Gasteiger partial charge in [-0.25, -0.2) is 13.8 Å². The summed E-state index contributed by atoms with van der Waals surface area (Å²) >= 11 is 0. The topological polar surface area (TPSA) is 78.0 Å². The molecule has 0 saturated carbocycles. The van der Waals surface area contributed by atoms with Crippen LogP contribution in [0.2, 0.25) is 0 Å². The molecule has 0 aliphatic rings. The fourth-order valence-corrected chi connectivity index (χ4v) is 3.24. The van der Waals surface area contributed by atoms with Crippen molar-refractivity contribution in [2.24, 2.45) is 0 Å².